The normalized spacial score (nSPS) is 33.9. The molecule has 0 aromatic carbocycles. The zero-order valence-corrected chi connectivity index (χ0v) is 12.8. The number of hydrogen-bond acceptors (Lipinski definition) is 3. The molecular formula is C15H20OS2. The Balaban J connectivity index is 2.00. The first-order valence-corrected chi connectivity index (χ1v) is 8.75. The number of carbonyl (C=O) groups excluding carboxylic acids is 1. The molecule has 0 bridgehead atoms. The predicted octanol–water partition coefficient (Wildman–Crippen LogP) is 4.20. The minimum Gasteiger partial charge on any atom is -0.295 e. The van der Waals surface area contributed by atoms with Gasteiger partial charge < -0.3 is 0 Å². The molecule has 1 aliphatic heterocycles. The lowest BCUT2D eigenvalue weighted by atomic mass is 9.64. The van der Waals surface area contributed by atoms with Crippen molar-refractivity contribution in [2.45, 2.75) is 43.6 Å². The molecule has 0 N–H and O–H groups in total. The van der Waals surface area contributed by atoms with Crippen molar-refractivity contribution < 1.29 is 4.79 Å². The Bertz CT molecular complexity index is 443. The maximum atomic E-state index is 11.9. The Kier molecular flexibility index (Phi) is 3.18. The van der Waals surface area contributed by atoms with E-state index in [1.54, 1.807) is 6.92 Å². The topological polar surface area (TPSA) is 17.1 Å². The van der Waals surface area contributed by atoms with Gasteiger partial charge in [-0.15, -0.1) is 23.5 Å². The van der Waals surface area contributed by atoms with Gasteiger partial charge in [-0.3, -0.25) is 4.79 Å². The van der Waals surface area contributed by atoms with Crippen LogP contribution in [0.1, 0.15) is 39.5 Å². The van der Waals surface area contributed by atoms with E-state index in [4.69, 9.17) is 0 Å². The van der Waals surface area contributed by atoms with Gasteiger partial charge in [-0.25, -0.2) is 0 Å². The van der Waals surface area contributed by atoms with Crippen LogP contribution in [0.3, 0.4) is 0 Å². The Hall–Kier alpha value is -0.150. The minimum absolute atomic E-state index is 0.0407. The molecule has 1 atom stereocenters. The van der Waals surface area contributed by atoms with Crippen LogP contribution in [0.2, 0.25) is 0 Å². The molecule has 2 aliphatic carbocycles. The molecule has 0 aromatic heterocycles. The zero-order chi connectivity index (χ0) is 12.8. The Morgan fingerprint density at radius 3 is 2.67 bits per heavy atom. The van der Waals surface area contributed by atoms with Crippen LogP contribution in [0.15, 0.2) is 23.3 Å². The van der Waals surface area contributed by atoms with Crippen LogP contribution < -0.4 is 0 Å². The molecule has 1 nitrogen and oxygen atoms in total. The van der Waals surface area contributed by atoms with Gasteiger partial charge in [-0.2, -0.15) is 0 Å². The monoisotopic (exact) mass is 280 g/mol. The van der Waals surface area contributed by atoms with Gasteiger partial charge in [0.2, 0.25) is 0 Å². The number of ketones is 1. The van der Waals surface area contributed by atoms with Gasteiger partial charge in [0, 0.05) is 22.5 Å². The van der Waals surface area contributed by atoms with Crippen LogP contribution in [0, 0.1) is 5.41 Å². The third-order valence-corrected chi connectivity index (χ3v) is 7.99. The summed E-state index contributed by atoms with van der Waals surface area (Å²) in [7, 11) is 0. The molecule has 1 saturated heterocycles. The van der Waals surface area contributed by atoms with E-state index in [9.17, 15) is 4.79 Å². The second kappa shape index (κ2) is 4.45. The zero-order valence-electron chi connectivity index (χ0n) is 11.1. The molecule has 0 saturated carbocycles. The van der Waals surface area contributed by atoms with Gasteiger partial charge in [-0.1, -0.05) is 24.6 Å². The van der Waals surface area contributed by atoms with Gasteiger partial charge in [0.05, 0.1) is 4.08 Å². The third-order valence-electron chi connectivity index (χ3n) is 4.59. The highest BCUT2D eigenvalue weighted by Crippen LogP contribution is 2.58. The standard InChI is InChI=1S/C15H20OS2/c1-11(16)13-5-3-4-12-10-15(17-8-9-18-15)7-6-14(12,13)2/h5,10H,3-4,6-9H2,1-2H3/t14-/m0/s1. The average Bonchev–Trinajstić information content (AvgIpc) is 2.78. The summed E-state index contributed by atoms with van der Waals surface area (Å²) in [6, 6.07) is 0. The van der Waals surface area contributed by atoms with Gasteiger partial charge >= 0.3 is 0 Å². The summed E-state index contributed by atoms with van der Waals surface area (Å²) in [6.07, 6.45) is 9.26. The van der Waals surface area contributed by atoms with Crippen molar-refractivity contribution >= 4 is 29.3 Å². The van der Waals surface area contributed by atoms with Crippen molar-refractivity contribution in [2.75, 3.05) is 11.5 Å². The maximum Gasteiger partial charge on any atom is 0.156 e. The van der Waals surface area contributed by atoms with E-state index in [-0.39, 0.29) is 11.2 Å². The number of hydrogen-bond donors (Lipinski definition) is 0. The van der Waals surface area contributed by atoms with E-state index >= 15 is 0 Å². The van der Waals surface area contributed by atoms with Crippen molar-refractivity contribution in [3.63, 3.8) is 0 Å². The number of Topliss-reactive ketones (excluding diaryl/α,β-unsaturated/α-hetero) is 1. The van der Waals surface area contributed by atoms with Crippen molar-refractivity contribution in [1.82, 2.24) is 0 Å². The van der Waals surface area contributed by atoms with Crippen LogP contribution in [0.5, 0.6) is 0 Å². The molecule has 1 heterocycles. The van der Waals surface area contributed by atoms with Crippen molar-refractivity contribution in [3.05, 3.63) is 23.3 Å². The number of carbonyl (C=O) groups is 1. The predicted molar refractivity (Wildman–Crippen MR) is 81.1 cm³/mol. The molecule has 98 valence electrons. The summed E-state index contributed by atoms with van der Waals surface area (Å²) in [5.74, 6) is 2.83. The molecule has 3 aliphatic rings. The Morgan fingerprint density at radius 1 is 1.28 bits per heavy atom. The van der Waals surface area contributed by atoms with E-state index in [2.05, 4.69) is 42.6 Å². The summed E-state index contributed by atoms with van der Waals surface area (Å²) in [5, 5.41) is 0. The minimum atomic E-state index is 0.0407. The van der Waals surface area contributed by atoms with Gasteiger partial charge in [-0.05, 0) is 32.6 Å². The molecule has 0 aromatic rings. The van der Waals surface area contributed by atoms with Gasteiger partial charge in [0.25, 0.3) is 0 Å². The number of rotatable bonds is 1. The smallest absolute Gasteiger partial charge is 0.156 e. The fraction of sp³-hybridized carbons (Fsp3) is 0.667. The summed E-state index contributed by atoms with van der Waals surface area (Å²) in [6.45, 7) is 4.01. The first-order valence-electron chi connectivity index (χ1n) is 6.77. The molecular weight excluding hydrogens is 260 g/mol. The highest BCUT2D eigenvalue weighted by molar-refractivity contribution is 8.21. The molecule has 0 radical (unpaired) electrons. The van der Waals surface area contributed by atoms with E-state index in [0.717, 1.165) is 24.8 Å². The highest BCUT2D eigenvalue weighted by atomic mass is 32.2. The number of thioether (sulfide) groups is 2. The molecule has 0 unspecified atom stereocenters. The molecule has 3 rings (SSSR count). The van der Waals surface area contributed by atoms with Crippen LogP contribution >= 0.6 is 23.5 Å². The second-order valence-electron chi connectivity index (χ2n) is 5.72. The lowest BCUT2D eigenvalue weighted by molar-refractivity contribution is -0.114. The third kappa shape index (κ3) is 1.90. The van der Waals surface area contributed by atoms with Crippen molar-refractivity contribution in [1.29, 1.82) is 0 Å². The Morgan fingerprint density at radius 2 is 2.00 bits per heavy atom. The molecule has 1 spiro atoms. The largest absolute Gasteiger partial charge is 0.295 e. The first-order chi connectivity index (χ1) is 8.56. The van der Waals surface area contributed by atoms with E-state index in [1.165, 1.54) is 23.5 Å². The summed E-state index contributed by atoms with van der Waals surface area (Å²) in [4.78, 5) is 11.9. The maximum absolute atomic E-state index is 11.9. The van der Waals surface area contributed by atoms with Crippen LogP contribution in [0.4, 0.5) is 0 Å². The molecule has 18 heavy (non-hydrogen) atoms. The van der Waals surface area contributed by atoms with Crippen molar-refractivity contribution in [3.8, 4) is 0 Å². The van der Waals surface area contributed by atoms with Gasteiger partial charge in [0.15, 0.2) is 5.78 Å². The fourth-order valence-electron chi connectivity index (χ4n) is 3.57. The number of fused-ring (bicyclic) bond motifs is 1. The van der Waals surface area contributed by atoms with Crippen molar-refractivity contribution in [2.24, 2.45) is 5.41 Å². The van der Waals surface area contributed by atoms with E-state index in [1.807, 2.05) is 0 Å². The SMILES string of the molecule is CC(=O)C1=CCCC2=CC3(CC[C@@]21C)SCCS3. The van der Waals surface area contributed by atoms with Gasteiger partial charge in [0.1, 0.15) is 0 Å². The first kappa shape index (κ1) is 12.9. The van der Waals surface area contributed by atoms with Crippen LogP contribution in [-0.2, 0) is 4.79 Å². The summed E-state index contributed by atoms with van der Waals surface area (Å²) < 4.78 is 0.341. The summed E-state index contributed by atoms with van der Waals surface area (Å²) >= 11 is 4.22. The van der Waals surface area contributed by atoms with Crippen LogP contribution in [0.25, 0.3) is 0 Å². The quantitative estimate of drug-likeness (QED) is 0.670. The second-order valence-corrected chi connectivity index (χ2v) is 8.83. The lowest BCUT2D eigenvalue weighted by Gasteiger charge is -2.44. The fourth-order valence-corrected chi connectivity index (χ4v) is 6.70. The summed E-state index contributed by atoms with van der Waals surface area (Å²) in [5.41, 5.74) is 2.64. The van der Waals surface area contributed by atoms with Crippen LogP contribution in [-0.4, -0.2) is 21.4 Å². The molecule has 0 amide bonds. The number of allylic oxidation sites excluding steroid dienone is 3. The van der Waals surface area contributed by atoms with E-state index in [0.29, 0.717) is 4.08 Å². The lowest BCUT2D eigenvalue weighted by Crippen LogP contribution is -2.36. The Labute approximate surface area is 118 Å². The van der Waals surface area contributed by atoms with E-state index < -0.39 is 0 Å². The molecule has 3 heteroatoms. The molecule has 1 fully saturated rings. The average molecular weight is 280 g/mol. The highest BCUT2D eigenvalue weighted by Gasteiger charge is 2.46.